The van der Waals surface area contributed by atoms with E-state index in [-0.39, 0.29) is 22.8 Å². The third-order valence-corrected chi connectivity index (χ3v) is 4.23. The number of hydrogen-bond donors (Lipinski definition) is 2. The average Bonchev–Trinajstić information content (AvgIpc) is 2.37. The van der Waals surface area contributed by atoms with Gasteiger partial charge in [0.1, 0.15) is 6.04 Å². The Balaban J connectivity index is 2.96. The van der Waals surface area contributed by atoms with Gasteiger partial charge in [0.2, 0.25) is 10.0 Å². The summed E-state index contributed by atoms with van der Waals surface area (Å²) in [5.74, 6) is -1.30. The molecule has 0 aliphatic rings. The van der Waals surface area contributed by atoms with Crippen LogP contribution in [0.2, 0.25) is 0 Å². The molecule has 1 atom stereocenters. The molecule has 1 aromatic rings. The highest BCUT2D eigenvalue weighted by Gasteiger charge is 2.26. The number of sulfonamides is 1. The molecule has 0 aromatic heterocycles. The number of hydrogen-bond acceptors (Lipinski definition) is 3. The van der Waals surface area contributed by atoms with Crippen molar-refractivity contribution in [2.24, 2.45) is 5.92 Å². The SMILES string of the molecule is CC(C)C[C@@H](NS(=O)(=O)c1ccc(C(F)F)cc1)C(=O)O. The predicted molar refractivity (Wildman–Crippen MR) is 72.6 cm³/mol. The Kier molecular flexibility index (Phi) is 5.79. The fourth-order valence-electron chi connectivity index (χ4n) is 1.72. The fourth-order valence-corrected chi connectivity index (χ4v) is 2.92. The summed E-state index contributed by atoms with van der Waals surface area (Å²) in [6.07, 6.45) is -2.56. The third-order valence-electron chi connectivity index (χ3n) is 2.74. The molecule has 0 radical (unpaired) electrons. The van der Waals surface area contributed by atoms with E-state index in [1.165, 1.54) is 0 Å². The number of benzene rings is 1. The molecule has 0 amide bonds. The number of nitrogens with one attached hydrogen (secondary N) is 1. The summed E-state index contributed by atoms with van der Waals surface area (Å²) in [7, 11) is -4.07. The van der Waals surface area contributed by atoms with E-state index in [4.69, 9.17) is 5.11 Å². The van der Waals surface area contributed by atoms with E-state index in [0.717, 1.165) is 24.3 Å². The van der Waals surface area contributed by atoms with E-state index in [1.54, 1.807) is 13.8 Å². The Bertz CT molecular complexity index is 585. The van der Waals surface area contributed by atoms with Crippen molar-refractivity contribution in [2.45, 2.75) is 37.6 Å². The van der Waals surface area contributed by atoms with Gasteiger partial charge < -0.3 is 5.11 Å². The number of carboxylic acids is 1. The lowest BCUT2D eigenvalue weighted by molar-refractivity contribution is -0.139. The second-order valence-corrected chi connectivity index (χ2v) is 6.73. The summed E-state index contributed by atoms with van der Waals surface area (Å²) in [5, 5.41) is 9.02. The molecule has 0 unspecified atom stereocenters. The standard InChI is InChI=1S/C13H17F2NO4S/c1-8(2)7-11(13(17)18)16-21(19,20)10-5-3-9(4-6-10)12(14)15/h3-6,8,11-12,16H,7H2,1-2H3,(H,17,18)/t11-/m1/s1. The first-order valence-corrected chi connectivity index (χ1v) is 7.75. The van der Waals surface area contributed by atoms with Crippen molar-refractivity contribution in [2.75, 3.05) is 0 Å². The van der Waals surface area contributed by atoms with Gasteiger partial charge in [-0.05, 0) is 24.5 Å². The molecular weight excluding hydrogens is 304 g/mol. The quantitative estimate of drug-likeness (QED) is 0.808. The Labute approximate surface area is 122 Å². The molecule has 1 aromatic carbocycles. The lowest BCUT2D eigenvalue weighted by Crippen LogP contribution is -2.41. The van der Waals surface area contributed by atoms with Crippen molar-refractivity contribution in [3.63, 3.8) is 0 Å². The molecule has 0 fully saturated rings. The monoisotopic (exact) mass is 321 g/mol. The van der Waals surface area contributed by atoms with Crippen LogP contribution in [0.4, 0.5) is 8.78 Å². The molecule has 0 aliphatic carbocycles. The van der Waals surface area contributed by atoms with Crippen molar-refractivity contribution in [3.05, 3.63) is 29.8 Å². The summed E-state index contributed by atoms with van der Waals surface area (Å²) in [5.41, 5.74) is -0.300. The molecular formula is C13H17F2NO4S. The maximum Gasteiger partial charge on any atom is 0.321 e. The topological polar surface area (TPSA) is 83.5 Å². The summed E-state index contributed by atoms with van der Waals surface area (Å²) >= 11 is 0. The second kappa shape index (κ2) is 6.95. The highest BCUT2D eigenvalue weighted by atomic mass is 32.2. The van der Waals surface area contributed by atoms with Crippen LogP contribution in [-0.2, 0) is 14.8 Å². The molecule has 0 saturated carbocycles. The van der Waals surface area contributed by atoms with E-state index >= 15 is 0 Å². The summed E-state index contributed by atoms with van der Waals surface area (Å²) in [6.45, 7) is 3.53. The Morgan fingerprint density at radius 1 is 1.24 bits per heavy atom. The summed E-state index contributed by atoms with van der Waals surface area (Å²) in [4.78, 5) is 10.8. The highest BCUT2D eigenvalue weighted by molar-refractivity contribution is 7.89. The van der Waals surface area contributed by atoms with E-state index in [1.807, 2.05) is 0 Å². The Hall–Kier alpha value is -1.54. The third kappa shape index (κ3) is 5.05. The number of carbonyl (C=O) groups is 1. The largest absolute Gasteiger partial charge is 0.480 e. The number of alkyl halides is 2. The van der Waals surface area contributed by atoms with Crippen LogP contribution in [0, 0.1) is 5.92 Å². The second-order valence-electron chi connectivity index (χ2n) is 5.01. The van der Waals surface area contributed by atoms with Crippen LogP contribution in [0.1, 0.15) is 32.3 Å². The van der Waals surface area contributed by atoms with E-state index in [2.05, 4.69) is 4.72 Å². The molecule has 0 spiro atoms. The van der Waals surface area contributed by atoms with Crippen molar-refractivity contribution in [1.82, 2.24) is 4.72 Å². The van der Waals surface area contributed by atoms with Crippen molar-refractivity contribution < 1.29 is 27.1 Å². The van der Waals surface area contributed by atoms with Gasteiger partial charge in [-0.3, -0.25) is 4.79 Å². The first-order valence-electron chi connectivity index (χ1n) is 6.26. The number of rotatable bonds is 7. The van der Waals surface area contributed by atoms with Gasteiger partial charge in [-0.25, -0.2) is 17.2 Å². The molecule has 0 heterocycles. The van der Waals surface area contributed by atoms with Gasteiger partial charge in [0, 0.05) is 5.56 Å². The van der Waals surface area contributed by atoms with Gasteiger partial charge in [-0.15, -0.1) is 0 Å². The highest BCUT2D eigenvalue weighted by Crippen LogP contribution is 2.20. The van der Waals surface area contributed by atoms with Crippen LogP contribution in [0.15, 0.2) is 29.2 Å². The number of carboxylic acid groups (broad SMARTS) is 1. The Morgan fingerprint density at radius 2 is 1.76 bits per heavy atom. The predicted octanol–water partition coefficient (Wildman–Crippen LogP) is 2.40. The minimum absolute atomic E-state index is 0.0185. The van der Waals surface area contributed by atoms with Crippen LogP contribution < -0.4 is 4.72 Å². The maximum absolute atomic E-state index is 12.4. The molecule has 0 aliphatic heterocycles. The first-order chi connectivity index (χ1) is 9.63. The van der Waals surface area contributed by atoms with Crippen LogP contribution in [0.5, 0.6) is 0 Å². The van der Waals surface area contributed by atoms with Crippen molar-refractivity contribution >= 4 is 16.0 Å². The lowest BCUT2D eigenvalue weighted by atomic mass is 10.1. The van der Waals surface area contributed by atoms with Gasteiger partial charge in [0.25, 0.3) is 6.43 Å². The molecule has 21 heavy (non-hydrogen) atoms. The molecule has 118 valence electrons. The zero-order chi connectivity index (χ0) is 16.2. The first kappa shape index (κ1) is 17.5. The van der Waals surface area contributed by atoms with E-state index in [9.17, 15) is 22.0 Å². The van der Waals surface area contributed by atoms with E-state index < -0.39 is 28.5 Å². The fraction of sp³-hybridized carbons (Fsp3) is 0.462. The number of aliphatic carboxylic acids is 1. The summed E-state index contributed by atoms with van der Waals surface area (Å²) in [6, 6.07) is 2.79. The molecule has 2 N–H and O–H groups in total. The molecule has 0 saturated heterocycles. The van der Waals surface area contributed by atoms with Crippen molar-refractivity contribution in [1.29, 1.82) is 0 Å². The lowest BCUT2D eigenvalue weighted by Gasteiger charge is -2.16. The smallest absolute Gasteiger partial charge is 0.321 e. The zero-order valence-electron chi connectivity index (χ0n) is 11.6. The maximum atomic E-state index is 12.4. The average molecular weight is 321 g/mol. The van der Waals surface area contributed by atoms with Crippen LogP contribution in [0.25, 0.3) is 0 Å². The van der Waals surface area contributed by atoms with Gasteiger partial charge >= 0.3 is 5.97 Å². The van der Waals surface area contributed by atoms with Crippen molar-refractivity contribution in [3.8, 4) is 0 Å². The van der Waals surface area contributed by atoms with Gasteiger partial charge in [-0.2, -0.15) is 4.72 Å². The summed E-state index contributed by atoms with van der Waals surface area (Å²) < 4.78 is 51.0. The van der Waals surface area contributed by atoms with Crippen LogP contribution in [-0.4, -0.2) is 25.5 Å². The molecule has 5 nitrogen and oxygen atoms in total. The van der Waals surface area contributed by atoms with Gasteiger partial charge in [0.05, 0.1) is 4.90 Å². The normalized spacial score (nSPS) is 13.6. The van der Waals surface area contributed by atoms with Crippen LogP contribution in [0.3, 0.4) is 0 Å². The van der Waals surface area contributed by atoms with Gasteiger partial charge in [-0.1, -0.05) is 26.0 Å². The van der Waals surface area contributed by atoms with E-state index in [0.29, 0.717) is 0 Å². The minimum atomic E-state index is -4.07. The minimum Gasteiger partial charge on any atom is -0.480 e. The van der Waals surface area contributed by atoms with Gasteiger partial charge in [0.15, 0.2) is 0 Å². The molecule has 1 rings (SSSR count). The Morgan fingerprint density at radius 3 is 2.14 bits per heavy atom. The molecule has 0 bridgehead atoms. The zero-order valence-corrected chi connectivity index (χ0v) is 12.4. The number of halogens is 2. The van der Waals surface area contributed by atoms with Crippen LogP contribution >= 0.6 is 0 Å². The molecule has 8 heteroatoms.